The lowest BCUT2D eigenvalue weighted by molar-refractivity contribution is 0.236. The molecule has 1 aliphatic heterocycles. The van der Waals surface area contributed by atoms with E-state index in [1.165, 1.54) is 19.5 Å². The van der Waals surface area contributed by atoms with E-state index in [0.717, 1.165) is 30.5 Å². The van der Waals surface area contributed by atoms with Crippen LogP contribution in [-0.4, -0.2) is 48.7 Å². The molecule has 1 atom stereocenters. The molecule has 0 bridgehead atoms. The Balaban J connectivity index is 1.78. The van der Waals surface area contributed by atoms with Gasteiger partial charge in [0.05, 0.1) is 12.2 Å². The van der Waals surface area contributed by atoms with E-state index in [1.807, 2.05) is 6.07 Å². The van der Waals surface area contributed by atoms with Crippen molar-refractivity contribution >= 4 is 0 Å². The lowest BCUT2D eigenvalue weighted by Gasteiger charge is -2.19. The Hall–Kier alpha value is -0.910. The van der Waals surface area contributed by atoms with E-state index in [9.17, 15) is 0 Å². The van der Waals surface area contributed by atoms with Crippen molar-refractivity contribution in [2.45, 2.75) is 19.5 Å². The van der Waals surface area contributed by atoms with E-state index in [1.54, 1.807) is 0 Å². The van der Waals surface area contributed by atoms with Crippen LogP contribution in [0.3, 0.4) is 0 Å². The Bertz CT molecular complexity index is 352. The Morgan fingerprint density at radius 3 is 3.06 bits per heavy atom. The van der Waals surface area contributed by atoms with Crippen LogP contribution in [0.25, 0.3) is 0 Å². The summed E-state index contributed by atoms with van der Waals surface area (Å²) < 4.78 is 5.23. The molecule has 2 heterocycles. The second-order valence-corrected chi connectivity index (χ2v) is 5.10. The molecule has 1 aliphatic rings. The predicted octanol–water partition coefficient (Wildman–Crippen LogP) is 0.517. The SMILES string of the molecule is CN1CCC(CN(C)Cc2cc(CN)no2)C1. The van der Waals surface area contributed by atoms with Crippen LogP contribution in [0, 0.1) is 5.92 Å². The van der Waals surface area contributed by atoms with Gasteiger partial charge in [0.15, 0.2) is 5.76 Å². The molecule has 2 N–H and O–H groups in total. The average Bonchev–Trinajstić information content (AvgIpc) is 2.88. The van der Waals surface area contributed by atoms with Gasteiger partial charge in [-0.2, -0.15) is 0 Å². The number of rotatable bonds is 5. The molecule has 0 amide bonds. The van der Waals surface area contributed by atoms with Crippen LogP contribution in [0.2, 0.25) is 0 Å². The van der Waals surface area contributed by atoms with Crippen LogP contribution in [0.5, 0.6) is 0 Å². The number of hydrogen-bond acceptors (Lipinski definition) is 5. The molecule has 0 aliphatic carbocycles. The number of nitrogens with two attached hydrogens (primary N) is 1. The summed E-state index contributed by atoms with van der Waals surface area (Å²) in [6.45, 7) is 4.80. The molecule has 1 unspecified atom stereocenters. The highest BCUT2D eigenvalue weighted by Gasteiger charge is 2.21. The number of hydrogen-bond donors (Lipinski definition) is 1. The highest BCUT2D eigenvalue weighted by Crippen LogP contribution is 2.16. The summed E-state index contributed by atoms with van der Waals surface area (Å²) in [4.78, 5) is 4.68. The number of aromatic nitrogens is 1. The van der Waals surface area contributed by atoms with Gasteiger partial charge < -0.3 is 15.2 Å². The van der Waals surface area contributed by atoms with Crippen molar-refractivity contribution < 1.29 is 4.52 Å². The fraction of sp³-hybridized carbons (Fsp3) is 0.750. The molecule has 0 aromatic carbocycles. The minimum atomic E-state index is 0.445. The van der Waals surface area contributed by atoms with Crippen molar-refractivity contribution in [3.05, 3.63) is 17.5 Å². The third-order valence-electron chi connectivity index (χ3n) is 3.30. The standard InChI is InChI=1S/C12H22N4O/c1-15-4-3-10(7-15)8-16(2)9-12-5-11(6-13)14-17-12/h5,10H,3-4,6-9,13H2,1-2H3. The molecule has 2 rings (SSSR count). The molecule has 1 aromatic rings. The molecular formula is C12H22N4O. The summed E-state index contributed by atoms with van der Waals surface area (Å²) in [5.41, 5.74) is 6.33. The van der Waals surface area contributed by atoms with E-state index in [2.05, 4.69) is 29.1 Å². The van der Waals surface area contributed by atoms with E-state index in [4.69, 9.17) is 10.3 Å². The fourth-order valence-corrected chi connectivity index (χ4v) is 2.47. The van der Waals surface area contributed by atoms with Crippen LogP contribution >= 0.6 is 0 Å². The van der Waals surface area contributed by atoms with Crippen LogP contribution < -0.4 is 5.73 Å². The zero-order chi connectivity index (χ0) is 12.3. The van der Waals surface area contributed by atoms with E-state index in [-0.39, 0.29) is 0 Å². The second kappa shape index (κ2) is 5.62. The maximum absolute atomic E-state index is 5.50. The first kappa shape index (κ1) is 12.5. The summed E-state index contributed by atoms with van der Waals surface area (Å²) in [6, 6.07) is 1.94. The van der Waals surface area contributed by atoms with Gasteiger partial charge in [-0.15, -0.1) is 0 Å². The summed E-state index contributed by atoms with van der Waals surface area (Å²) in [6.07, 6.45) is 1.30. The van der Waals surface area contributed by atoms with Crippen LogP contribution in [0.1, 0.15) is 17.9 Å². The Labute approximate surface area is 103 Å². The quantitative estimate of drug-likeness (QED) is 0.810. The highest BCUT2D eigenvalue weighted by atomic mass is 16.5. The highest BCUT2D eigenvalue weighted by molar-refractivity contribution is 5.04. The molecule has 0 radical (unpaired) electrons. The van der Waals surface area contributed by atoms with Crippen LogP contribution in [-0.2, 0) is 13.1 Å². The van der Waals surface area contributed by atoms with Crippen LogP contribution in [0.15, 0.2) is 10.6 Å². The van der Waals surface area contributed by atoms with Crippen molar-refractivity contribution in [2.24, 2.45) is 11.7 Å². The third-order valence-corrected chi connectivity index (χ3v) is 3.30. The van der Waals surface area contributed by atoms with Gasteiger partial charge in [-0.25, -0.2) is 0 Å². The zero-order valence-corrected chi connectivity index (χ0v) is 10.7. The molecule has 0 spiro atoms. The maximum Gasteiger partial charge on any atom is 0.151 e. The monoisotopic (exact) mass is 238 g/mol. The summed E-state index contributed by atoms with van der Waals surface area (Å²) in [5.74, 6) is 1.68. The van der Waals surface area contributed by atoms with Crippen molar-refractivity contribution in [3.8, 4) is 0 Å². The molecule has 1 fully saturated rings. The van der Waals surface area contributed by atoms with Gasteiger partial charge in [0, 0.05) is 25.7 Å². The Kier molecular flexibility index (Phi) is 4.15. The first-order valence-corrected chi connectivity index (χ1v) is 6.19. The molecule has 5 heteroatoms. The third kappa shape index (κ3) is 3.52. The molecule has 5 nitrogen and oxygen atoms in total. The average molecular weight is 238 g/mol. The zero-order valence-electron chi connectivity index (χ0n) is 10.7. The molecule has 0 saturated carbocycles. The van der Waals surface area contributed by atoms with Gasteiger partial charge in [0.2, 0.25) is 0 Å². The molecular weight excluding hydrogens is 216 g/mol. The first-order valence-electron chi connectivity index (χ1n) is 6.19. The van der Waals surface area contributed by atoms with Crippen molar-refractivity contribution in [2.75, 3.05) is 33.7 Å². The Morgan fingerprint density at radius 1 is 1.65 bits per heavy atom. The van der Waals surface area contributed by atoms with Gasteiger partial charge >= 0.3 is 0 Å². The van der Waals surface area contributed by atoms with Crippen LogP contribution in [0.4, 0.5) is 0 Å². The number of likely N-dealkylation sites (tertiary alicyclic amines) is 1. The van der Waals surface area contributed by atoms with E-state index >= 15 is 0 Å². The Morgan fingerprint density at radius 2 is 2.47 bits per heavy atom. The van der Waals surface area contributed by atoms with Crippen molar-refractivity contribution in [1.82, 2.24) is 15.0 Å². The van der Waals surface area contributed by atoms with Gasteiger partial charge in [-0.1, -0.05) is 5.16 Å². The van der Waals surface area contributed by atoms with Gasteiger partial charge in [-0.3, -0.25) is 4.90 Å². The fourth-order valence-electron chi connectivity index (χ4n) is 2.47. The topological polar surface area (TPSA) is 58.5 Å². The second-order valence-electron chi connectivity index (χ2n) is 5.10. The van der Waals surface area contributed by atoms with Crippen molar-refractivity contribution in [1.29, 1.82) is 0 Å². The van der Waals surface area contributed by atoms with Crippen molar-refractivity contribution in [3.63, 3.8) is 0 Å². The van der Waals surface area contributed by atoms with E-state index in [0.29, 0.717) is 6.54 Å². The maximum atomic E-state index is 5.50. The number of nitrogens with zero attached hydrogens (tertiary/aromatic N) is 3. The predicted molar refractivity (Wildman–Crippen MR) is 66.3 cm³/mol. The molecule has 1 saturated heterocycles. The minimum absolute atomic E-state index is 0.445. The minimum Gasteiger partial charge on any atom is -0.360 e. The summed E-state index contributed by atoms with van der Waals surface area (Å²) in [7, 11) is 4.31. The van der Waals surface area contributed by atoms with E-state index < -0.39 is 0 Å². The normalized spacial score (nSPS) is 21.5. The van der Waals surface area contributed by atoms with Gasteiger partial charge in [-0.05, 0) is 33.0 Å². The molecule has 96 valence electrons. The summed E-state index contributed by atoms with van der Waals surface area (Å²) >= 11 is 0. The first-order chi connectivity index (χ1) is 8.17. The largest absolute Gasteiger partial charge is 0.360 e. The lowest BCUT2D eigenvalue weighted by Crippen LogP contribution is -2.26. The molecule has 17 heavy (non-hydrogen) atoms. The summed E-state index contributed by atoms with van der Waals surface area (Å²) in [5, 5.41) is 3.90. The smallest absolute Gasteiger partial charge is 0.151 e. The molecule has 1 aromatic heterocycles. The van der Waals surface area contributed by atoms with Gasteiger partial charge in [0.1, 0.15) is 0 Å². The lowest BCUT2D eigenvalue weighted by atomic mass is 10.1. The van der Waals surface area contributed by atoms with Gasteiger partial charge in [0.25, 0.3) is 0 Å².